The number of halogens is 2. The fraction of sp³-hybridized carbons (Fsp3) is 0.250. The zero-order valence-corrected chi connectivity index (χ0v) is 15.0. The molecule has 6 heteroatoms. The lowest BCUT2D eigenvalue weighted by Gasteiger charge is -2.26. The van der Waals surface area contributed by atoms with E-state index in [0.717, 1.165) is 23.1 Å². The summed E-state index contributed by atoms with van der Waals surface area (Å²) in [6, 6.07) is 11.8. The number of amides is 1. The van der Waals surface area contributed by atoms with E-state index in [1.165, 1.54) is 6.07 Å². The van der Waals surface area contributed by atoms with Crippen molar-refractivity contribution in [1.82, 2.24) is 9.88 Å². The van der Waals surface area contributed by atoms with E-state index in [1.54, 1.807) is 30.3 Å². The molecular formula is C20H18ClFN2O2. The highest BCUT2D eigenvalue weighted by Gasteiger charge is 2.27. The Hall–Kier alpha value is -2.53. The molecule has 0 spiro atoms. The molecule has 1 aliphatic heterocycles. The molecule has 3 aromatic rings. The van der Waals surface area contributed by atoms with Gasteiger partial charge in [-0.05, 0) is 30.7 Å². The Morgan fingerprint density at radius 1 is 1.35 bits per heavy atom. The number of carbonyl (C=O) groups is 1. The van der Waals surface area contributed by atoms with Crippen LogP contribution in [0, 0.1) is 5.82 Å². The summed E-state index contributed by atoms with van der Waals surface area (Å²) in [5.74, 6) is 0.137. The van der Waals surface area contributed by atoms with Crippen LogP contribution < -0.4 is 10.1 Å². The predicted octanol–water partition coefficient (Wildman–Crippen LogP) is 4.53. The normalized spacial score (nSPS) is 15.7. The van der Waals surface area contributed by atoms with Gasteiger partial charge in [0.1, 0.15) is 23.4 Å². The van der Waals surface area contributed by atoms with Crippen LogP contribution >= 0.6 is 11.6 Å². The van der Waals surface area contributed by atoms with E-state index in [0.29, 0.717) is 22.8 Å². The minimum absolute atomic E-state index is 0.00241. The van der Waals surface area contributed by atoms with Gasteiger partial charge in [0.25, 0.3) is 5.91 Å². The van der Waals surface area contributed by atoms with Crippen LogP contribution in [-0.2, 0) is 13.1 Å². The Labute approximate surface area is 155 Å². The van der Waals surface area contributed by atoms with E-state index in [1.807, 2.05) is 17.6 Å². The van der Waals surface area contributed by atoms with E-state index in [2.05, 4.69) is 5.32 Å². The zero-order chi connectivity index (χ0) is 18.3. The summed E-state index contributed by atoms with van der Waals surface area (Å²) in [6.45, 7) is 2.75. The summed E-state index contributed by atoms with van der Waals surface area (Å²) in [4.78, 5) is 12.8. The van der Waals surface area contributed by atoms with Crippen molar-refractivity contribution in [2.24, 2.45) is 0 Å². The van der Waals surface area contributed by atoms with Crippen molar-refractivity contribution < 1.29 is 13.9 Å². The molecule has 0 saturated heterocycles. The average Bonchev–Trinajstić information content (AvgIpc) is 3.04. The topological polar surface area (TPSA) is 43.3 Å². The predicted molar refractivity (Wildman–Crippen MR) is 99.2 cm³/mol. The fourth-order valence-electron chi connectivity index (χ4n) is 3.33. The van der Waals surface area contributed by atoms with Gasteiger partial charge in [-0.3, -0.25) is 4.79 Å². The van der Waals surface area contributed by atoms with Gasteiger partial charge in [-0.1, -0.05) is 36.7 Å². The molecule has 0 unspecified atom stereocenters. The van der Waals surface area contributed by atoms with Crippen molar-refractivity contribution in [3.05, 3.63) is 64.6 Å². The molecule has 26 heavy (non-hydrogen) atoms. The minimum Gasteiger partial charge on any atom is -0.486 e. The van der Waals surface area contributed by atoms with Gasteiger partial charge < -0.3 is 14.6 Å². The molecule has 0 radical (unpaired) electrons. The van der Waals surface area contributed by atoms with Gasteiger partial charge in [0.05, 0.1) is 17.1 Å². The van der Waals surface area contributed by atoms with Crippen LogP contribution in [0.4, 0.5) is 4.39 Å². The van der Waals surface area contributed by atoms with Crippen molar-refractivity contribution in [2.75, 3.05) is 0 Å². The Balaban J connectivity index is 1.69. The van der Waals surface area contributed by atoms with Crippen LogP contribution in [0.25, 0.3) is 10.9 Å². The third kappa shape index (κ3) is 2.82. The molecule has 1 amide bonds. The first-order valence-corrected chi connectivity index (χ1v) is 8.96. The number of aromatic nitrogens is 1. The minimum atomic E-state index is -0.334. The van der Waals surface area contributed by atoms with Gasteiger partial charge in [-0.2, -0.15) is 0 Å². The van der Waals surface area contributed by atoms with Crippen LogP contribution in [0.3, 0.4) is 0 Å². The van der Waals surface area contributed by atoms with Crippen LogP contribution in [0.15, 0.2) is 42.5 Å². The third-order valence-corrected chi connectivity index (χ3v) is 5.06. The quantitative estimate of drug-likeness (QED) is 0.731. The number of nitrogens with one attached hydrogen (secondary N) is 1. The number of hydrogen-bond acceptors (Lipinski definition) is 2. The van der Waals surface area contributed by atoms with Gasteiger partial charge in [-0.25, -0.2) is 4.39 Å². The van der Waals surface area contributed by atoms with Crippen molar-refractivity contribution in [3.63, 3.8) is 0 Å². The maximum absolute atomic E-state index is 13.8. The molecule has 4 rings (SSSR count). The number of carbonyl (C=O) groups excluding carboxylic acids is 1. The standard InChI is InChI=1S/C20H18ClFN2O2/c1-2-13-11-24-17(9-14-15(21)7-8-18(26-13)19(14)24)20(25)23-10-12-5-3-4-6-16(12)22/h3-9,13H,2,10-11H2,1H3,(H,23,25)/t13-/m0/s1. The number of rotatable bonds is 4. The van der Waals surface area contributed by atoms with E-state index in [9.17, 15) is 9.18 Å². The van der Waals surface area contributed by atoms with E-state index in [4.69, 9.17) is 16.3 Å². The van der Waals surface area contributed by atoms with E-state index < -0.39 is 0 Å². The van der Waals surface area contributed by atoms with Crippen LogP contribution in [0.2, 0.25) is 5.02 Å². The third-order valence-electron chi connectivity index (χ3n) is 4.73. The summed E-state index contributed by atoms with van der Waals surface area (Å²) < 4.78 is 21.7. The van der Waals surface area contributed by atoms with Crippen molar-refractivity contribution in [1.29, 1.82) is 0 Å². The highest BCUT2D eigenvalue weighted by molar-refractivity contribution is 6.36. The number of benzene rings is 2. The lowest BCUT2D eigenvalue weighted by Crippen LogP contribution is -2.31. The Morgan fingerprint density at radius 3 is 2.92 bits per heavy atom. The summed E-state index contributed by atoms with van der Waals surface area (Å²) in [5, 5.41) is 4.16. The Bertz CT molecular complexity index is 999. The molecule has 1 aliphatic rings. The molecule has 0 fully saturated rings. The molecule has 1 aromatic heterocycles. The van der Waals surface area contributed by atoms with Gasteiger partial charge in [-0.15, -0.1) is 0 Å². The van der Waals surface area contributed by atoms with Gasteiger partial charge in [0.2, 0.25) is 0 Å². The number of hydrogen-bond donors (Lipinski definition) is 1. The largest absolute Gasteiger partial charge is 0.486 e. The first-order valence-electron chi connectivity index (χ1n) is 8.58. The van der Waals surface area contributed by atoms with Gasteiger partial charge >= 0.3 is 0 Å². The molecule has 1 N–H and O–H groups in total. The second-order valence-electron chi connectivity index (χ2n) is 6.37. The molecule has 2 aromatic carbocycles. The van der Waals surface area contributed by atoms with Crippen LogP contribution in [-0.4, -0.2) is 16.6 Å². The summed E-state index contributed by atoms with van der Waals surface area (Å²) in [7, 11) is 0. The molecule has 2 heterocycles. The highest BCUT2D eigenvalue weighted by atomic mass is 35.5. The first kappa shape index (κ1) is 16.9. The Morgan fingerprint density at radius 2 is 2.15 bits per heavy atom. The Kier molecular flexibility index (Phi) is 4.32. The monoisotopic (exact) mass is 372 g/mol. The van der Waals surface area contributed by atoms with E-state index >= 15 is 0 Å². The highest BCUT2D eigenvalue weighted by Crippen LogP contribution is 2.38. The van der Waals surface area contributed by atoms with Crippen LogP contribution in [0.1, 0.15) is 29.4 Å². The molecule has 1 atom stereocenters. The first-order chi connectivity index (χ1) is 12.6. The average molecular weight is 373 g/mol. The SMILES string of the molecule is CC[C@H]1Cn2c(C(=O)NCc3ccccc3F)cc3c(Cl)ccc(c32)O1. The number of nitrogens with zero attached hydrogens (tertiary/aromatic N) is 1. The van der Waals surface area contributed by atoms with E-state index in [-0.39, 0.29) is 24.4 Å². The molecule has 0 aliphatic carbocycles. The zero-order valence-electron chi connectivity index (χ0n) is 14.3. The summed E-state index contributed by atoms with van der Waals surface area (Å²) in [5.41, 5.74) is 1.79. The lowest BCUT2D eigenvalue weighted by molar-refractivity contribution is 0.0935. The summed E-state index contributed by atoms with van der Waals surface area (Å²) >= 11 is 6.31. The van der Waals surface area contributed by atoms with Gasteiger partial charge in [0.15, 0.2) is 0 Å². The molecule has 0 saturated carbocycles. The molecule has 0 bridgehead atoms. The smallest absolute Gasteiger partial charge is 0.268 e. The second kappa shape index (κ2) is 6.65. The van der Waals surface area contributed by atoms with Crippen LogP contribution in [0.5, 0.6) is 5.75 Å². The maximum Gasteiger partial charge on any atom is 0.268 e. The summed E-state index contributed by atoms with van der Waals surface area (Å²) in [6.07, 6.45) is 0.829. The molecular weight excluding hydrogens is 355 g/mol. The second-order valence-corrected chi connectivity index (χ2v) is 6.78. The number of ether oxygens (including phenoxy) is 1. The van der Waals surface area contributed by atoms with Crippen molar-refractivity contribution in [2.45, 2.75) is 32.5 Å². The molecule has 4 nitrogen and oxygen atoms in total. The van der Waals surface area contributed by atoms with Crippen molar-refractivity contribution >= 4 is 28.4 Å². The fourth-order valence-corrected chi connectivity index (χ4v) is 3.53. The van der Waals surface area contributed by atoms with Crippen molar-refractivity contribution in [3.8, 4) is 5.75 Å². The molecule has 134 valence electrons. The lowest BCUT2D eigenvalue weighted by atomic mass is 10.2. The van der Waals surface area contributed by atoms with Gasteiger partial charge in [0, 0.05) is 17.5 Å². The maximum atomic E-state index is 13.8.